The minimum absolute atomic E-state index is 0.0557. The van der Waals surface area contributed by atoms with E-state index in [1.165, 1.54) is 12.3 Å². The number of carbonyl (C=O) groups is 1. The lowest BCUT2D eigenvalue weighted by Crippen LogP contribution is -2.50. The van der Waals surface area contributed by atoms with Crippen LogP contribution in [-0.4, -0.2) is 35.0 Å². The molecular formula is C19H21ClF2N4O. The van der Waals surface area contributed by atoms with Gasteiger partial charge in [0.15, 0.2) is 11.6 Å². The normalized spacial score (nSPS) is 19.9. The van der Waals surface area contributed by atoms with E-state index in [1.807, 2.05) is 13.8 Å². The summed E-state index contributed by atoms with van der Waals surface area (Å²) in [5, 5.41) is 6.32. The fourth-order valence-corrected chi connectivity index (χ4v) is 3.38. The van der Waals surface area contributed by atoms with Crippen LogP contribution in [0.4, 0.5) is 8.78 Å². The first kappa shape index (κ1) is 19.6. The van der Waals surface area contributed by atoms with Gasteiger partial charge in [0.25, 0.3) is 5.91 Å². The molecule has 8 heteroatoms. The molecule has 3 rings (SSSR count). The smallest absolute Gasteiger partial charge is 0.271 e. The van der Waals surface area contributed by atoms with Gasteiger partial charge in [0, 0.05) is 24.4 Å². The Bertz CT molecular complexity index is 846. The van der Waals surface area contributed by atoms with E-state index in [2.05, 4.69) is 20.6 Å². The lowest BCUT2D eigenvalue weighted by Gasteiger charge is -2.33. The van der Waals surface area contributed by atoms with E-state index in [0.717, 1.165) is 12.6 Å². The van der Waals surface area contributed by atoms with Crippen molar-refractivity contribution in [2.24, 2.45) is 0 Å². The van der Waals surface area contributed by atoms with Gasteiger partial charge in [0.1, 0.15) is 11.5 Å². The highest BCUT2D eigenvalue weighted by Gasteiger charge is 2.29. The van der Waals surface area contributed by atoms with Gasteiger partial charge in [-0.15, -0.1) is 0 Å². The molecule has 27 heavy (non-hydrogen) atoms. The number of halogens is 3. The van der Waals surface area contributed by atoms with Crippen LogP contribution in [0.3, 0.4) is 0 Å². The Morgan fingerprint density at radius 1 is 1.33 bits per heavy atom. The predicted octanol–water partition coefficient (Wildman–Crippen LogP) is 3.41. The molecule has 0 aliphatic carbocycles. The largest absolute Gasteiger partial charge is 0.346 e. The van der Waals surface area contributed by atoms with Gasteiger partial charge in [0.2, 0.25) is 0 Å². The first-order valence-corrected chi connectivity index (χ1v) is 9.23. The van der Waals surface area contributed by atoms with Crippen molar-refractivity contribution in [3.8, 4) is 0 Å². The highest BCUT2D eigenvalue weighted by molar-refractivity contribution is 6.33. The molecule has 2 atom stereocenters. The standard InChI is InChI=1S/C19H21ClF2N4O/c1-10(2)18-24-8-13(20)17(26-18)19(27)25-16-9-23-6-5-12(16)11-3-4-14(21)15(22)7-11/h3-4,7-8,10,12,16,23H,5-6,9H2,1-2H3,(H,25,27). The van der Waals surface area contributed by atoms with Crippen molar-refractivity contribution in [3.05, 3.63) is 58.1 Å². The Morgan fingerprint density at radius 3 is 2.81 bits per heavy atom. The molecule has 144 valence electrons. The van der Waals surface area contributed by atoms with Crippen molar-refractivity contribution < 1.29 is 13.6 Å². The monoisotopic (exact) mass is 394 g/mol. The van der Waals surface area contributed by atoms with E-state index in [-0.39, 0.29) is 28.6 Å². The maximum atomic E-state index is 13.6. The molecule has 0 spiro atoms. The second-order valence-corrected chi connectivity index (χ2v) is 7.34. The van der Waals surface area contributed by atoms with Gasteiger partial charge in [-0.05, 0) is 30.7 Å². The van der Waals surface area contributed by atoms with Gasteiger partial charge in [0.05, 0.1) is 11.2 Å². The van der Waals surface area contributed by atoms with Crippen molar-refractivity contribution in [1.29, 1.82) is 0 Å². The summed E-state index contributed by atoms with van der Waals surface area (Å²) in [5.74, 6) is -1.75. The van der Waals surface area contributed by atoms with Crippen molar-refractivity contribution in [1.82, 2.24) is 20.6 Å². The molecule has 2 unspecified atom stereocenters. The molecule has 2 heterocycles. The SMILES string of the molecule is CC(C)c1ncc(Cl)c(C(=O)NC2CNCCC2c2ccc(F)c(F)c2)n1. The van der Waals surface area contributed by atoms with Crippen LogP contribution in [0.5, 0.6) is 0 Å². The lowest BCUT2D eigenvalue weighted by molar-refractivity contribution is 0.0919. The summed E-state index contributed by atoms with van der Waals surface area (Å²) in [7, 11) is 0. The Morgan fingerprint density at radius 2 is 2.11 bits per heavy atom. The number of nitrogens with one attached hydrogen (secondary N) is 2. The van der Waals surface area contributed by atoms with Crippen LogP contribution in [0.25, 0.3) is 0 Å². The van der Waals surface area contributed by atoms with Gasteiger partial charge in [-0.25, -0.2) is 18.7 Å². The summed E-state index contributed by atoms with van der Waals surface area (Å²) in [6, 6.07) is 3.56. The van der Waals surface area contributed by atoms with Gasteiger partial charge in [-0.2, -0.15) is 0 Å². The number of benzene rings is 1. The fraction of sp³-hybridized carbons (Fsp3) is 0.421. The fourth-order valence-electron chi connectivity index (χ4n) is 3.21. The average Bonchev–Trinajstić information content (AvgIpc) is 2.64. The Kier molecular flexibility index (Phi) is 6.01. The lowest BCUT2D eigenvalue weighted by atomic mass is 9.86. The summed E-state index contributed by atoms with van der Waals surface area (Å²) in [5.41, 5.74) is 0.766. The average molecular weight is 395 g/mol. The van der Waals surface area contributed by atoms with Crippen LogP contribution >= 0.6 is 11.6 Å². The van der Waals surface area contributed by atoms with Crippen molar-refractivity contribution in [3.63, 3.8) is 0 Å². The summed E-state index contributed by atoms with van der Waals surface area (Å²) < 4.78 is 26.9. The third kappa shape index (κ3) is 4.42. The van der Waals surface area contributed by atoms with E-state index in [1.54, 1.807) is 6.07 Å². The number of rotatable bonds is 4. The summed E-state index contributed by atoms with van der Waals surface area (Å²) in [4.78, 5) is 21.2. The Hall–Kier alpha value is -2.12. The molecule has 0 radical (unpaired) electrons. The van der Waals surface area contributed by atoms with E-state index in [0.29, 0.717) is 24.4 Å². The maximum Gasteiger partial charge on any atom is 0.271 e. The molecular weight excluding hydrogens is 374 g/mol. The van der Waals surface area contributed by atoms with E-state index >= 15 is 0 Å². The van der Waals surface area contributed by atoms with Crippen LogP contribution in [0.1, 0.15) is 54.0 Å². The van der Waals surface area contributed by atoms with Crippen LogP contribution in [0.2, 0.25) is 5.02 Å². The number of carbonyl (C=O) groups excluding carboxylic acids is 1. The molecule has 1 amide bonds. The third-order valence-electron chi connectivity index (χ3n) is 4.66. The minimum atomic E-state index is -0.892. The van der Waals surface area contributed by atoms with Gasteiger partial charge in [-0.1, -0.05) is 31.5 Å². The van der Waals surface area contributed by atoms with Crippen LogP contribution in [0, 0.1) is 11.6 Å². The molecule has 1 saturated heterocycles. The molecule has 1 aliphatic rings. The summed E-state index contributed by atoms with van der Waals surface area (Å²) >= 11 is 6.11. The van der Waals surface area contributed by atoms with Crippen molar-refractivity contribution in [2.75, 3.05) is 13.1 Å². The molecule has 1 aliphatic heterocycles. The quantitative estimate of drug-likeness (QED) is 0.834. The van der Waals surface area contributed by atoms with Crippen molar-refractivity contribution >= 4 is 17.5 Å². The number of amides is 1. The molecule has 2 N–H and O–H groups in total. The highest BCUT2D eigenvalue weighted by atomic mass is 35.5. The Labute approximate surface area is 161 Å². The molecule has 1 aromatic carbocycles. The second-order valence-electron chi connectivity index (χ2n) is 6.93. The van der Waals surface area contributed by atoms with Crippen LogP contribution < -0.4 is 10.6 Å². The zero-order valence-electron chi connectivity index (χ0n) is 15.1. The number of aromatic nitrogens is 2. The van der Waals surface area contributed by atoms with Gasteiger partial charge >= 0.3 is 0 Å². The van der Waals surface area contributed by atoms with E-state index < -0.39 is 17.5 Å². The third-order valence-corrected chi connectivity index (χ3v) is 4.94. The number of hydrogen-bond acceptors (Lipinski definition) is 4. The van der Waals surface area contributed by atoms with Crippen LogP contribution in [0.15, 0.2) is 24.4 Å². The summed E-state index contributed by atoms with van der Waals surface area (Å²) in [6.07, 6.45) is 2.11. The van der Waals surface area contributed by atoms with E-state index in [9.17, 15) is 13.6 Å². The minimum Gasteiger partial charge on any atom is -0.346 e. The molecule has 1 aromatic heterocycles. The predicted molar refractivity (Wildman–Crippen MR) is 99.0 cm³/mol. The van der Waals surface area contributed by atoms with Gasteiger partial charge in [-0.3, -0.25) is 4.79 Å². The van der Waals surface area contributed by atoms with E-state index in [4.69, 9.17) is 11.6 Å². The summed E-state index contributed by atoms with van der Waals surface area (Å²) in [6.45, 7) is 5.08. The molecule has 0 bridgehead atoms. The first-order valence-electron chi connectivity index (χ1n) is 8.85. The highest BCUT2D eigenvalue weighted by Crippen LogP contribution is 2.27. The maximum absolute atomic E-state index is 13.6. The first-order chi connectivity index (χ1) is 12.9. The Balaban J connectivity index is 1.83. The number of piperidine rings is 1. The molecule has 5 nitrogen and oxygen atoms in total. The molecule has 2 aromatic rings. The van der Waals surface area contributed by atoms with Crippen LogP contribution in [-0.2, 0) is 0 Å². The topological polar surface area (TPSA) is 66.9 Å². The second kappa shape index (κ2) is 8.27. The molecule has 1 fully saturated rings. The zero-order valence-corrected chi connectivity index (χ0v) is 15.9. The van der Waals surface area contributed by atoms with Crippen molar-refractivity contribution in [2.45, 2.75) is 38.1 Å². The molecule has 0 saturated carbocycles. The van der Waals surface area contributed by atoms with Gasteiger partial charge < -0.3 is 10.6 Å². The number of hydrogen-bond donors (Lipinski definition) is 2. The zero-order chi connectivity index (χ0) is 19.6. The number of nitrogens with zero attached hydrogens (tertiary/aromatic N) is 2.